The minimum Gasteiger partial charge on any atom is -0.497 e. The molecule has 1 aromatic carbocycles. The van der Waals surface area contributed by atoms with Crippen LogP contribution in [0.1, 0.15) is 18.9 Å². The summed E-state index contributed by atoms with van der Waals surface area (Å²) >= 11 is 0. The number of ether oxygens (including phenoxy) is 4. The van der Waals surface area contributed by atoms with Crippen LogP contribution < -0.4 is 4.74 Å². The van der Waals surface area contributed by atoms with Crippen LogP contribution in [0.25, 0.3) is 0 Å². The molecule has 9 heteroatoms. The zero-order valence-electron chi connectivity index (χ0n) is 17.4. The van der Waals surface area contributed by atoms with Crippen molar-refractivity contribution in [2.24, 2.45) is 5.92 Å². The summed E-state index contributed by atoms with van der Waals surface area (Å²) in [5.74, 6) is -3.29. The molecule has 0 bridgehead atoms. The number of likely N-dealkylation sites (tertiary alicyclic amines) is 1. The van der Waals surface area contributed by atoms with Crippen LogP contribution in [0.4, 0.5) is 0 Å². The number of esters is 3. The van der Waals surface area contributed by atoms with Crippen molar-refractivity contribution in [3.05, 3.63) is 42.0 Å². The van der Waals surface area contributed by atoms with Crippen LogP contribution >= 0.6 is 0 Å². The summed E-state index contributed by atoms with van der Waals surface area (Å²) in [4.78, 5) is 51.1. The summed E-state index contributed by atoms with van der Waals surface area (Å²) in [5.41, 5.74) is -1.47. The molecular weight excluding hydrogens is 394 g/mol. The first kappa shape index (κ1) is 22.9. The zero-order chi connectivity index (χ0) is 22.5. The molecule has 1 aliphatic rings. The second kappa shape index (κ2) is 9.43. The first-order valence-corrected chi connectivity index (χ1v) is 9.17. The van der Waals surface area contributed by atoms with Crippen LogP contribution in [0, 0.1) is 5.92 Å². The molecule has 1 saturated heterocycles. The highest BCUT2D eigenvalue weighted by Crippen LogP contribution is 2.43. The van der Waals surface area contributed by atoms with Gasteiger partial charge in [-0.05, 0) is 29.7 Å². The van der Waals surface area contributed by atoms with Crippen LogP contribution in [0.5, 0.6) is 5.75 Å². The van der Waals surface area contributed by atoms with E-state index in [0.29, 0.717) is 11.3 Å². The van der Waals surface area contributed by atoms with Crippen LogP contribution in [-0.4, -0.2) is 62.2 Å². The smallest absolute Gasteiger partial charge is 0.348 e. The van der Waals surface area contributed by atoms with Gasteiger partial charge in [0.2, 0.25) is 5.91 Å². The van der Waals surface area contributed by atoms with E-state index < -0.39 is 35.3 Å². The Labute approximate surface area is 174 Å². The Morgan fingerprint density at radius 2 is 1.63 bits per heavy atom. The molecule has 1 aliphatic heterocycles. The van der Waals surface area contributed by atoms with Crippen LogP contribution in [0.3, 0.4) is 0 Å². The van der Waals surface area contributed by atoms with Gasteiger partial charge in [-0.1, -0.05) is 18.7 Å². The Hall–Kier alpha value is -3.36. The highest BCUT2D eigenvalue weighted by atomic mass is 16.6. The molecule has 0 N–H and O–H groups in total. The van der Waals surface area contributed by atoms with Crippen molar-refractivity contribution < 1.29 is 38.1 Å². The fourth-order valence-corrected chi connectivity index (χ4v) is 3.52. The third-order valence-electron chi connectivity index (χ3n) is 5.03. The fourth-order valence-electron chi connectivity index (χ4n) is 3.52. The lowest BCUT2D eigenvalue weighted by Crippen LogP contribution is -2.59. The average Bonchev–Trinajstić information content (AvgIpc) is 2.95. The van der Waals surface area contributed by atoms with E-state index in [-0.39, 0.29) is 25.1 Å². The number of rotatable bonds is 8. The first-order valence-electron chi connectivity index (χ1n) is 9.17. The molecule has 0 saturated carbocycles. The van der Waals surface area contributed by atoms with Crippen molar-refractivity contribution in [1.82, 2.24) is 4.90 Å². The number of carbonyl (C=O) groups excluding carboxylic acids is 4. The molecule has 1 heterocycles. The third kappa shape index (κ3) is 4.00. The predicted molar refractivity (Wildman–Crippen MR) is 104 cm³/mol. The Balaban J connectivity index is 2.49. The lowest BCUT2D eigenvalue weighted by atomic mass is 9.85. The van der Waals surface area contributed by atoms with Gasteiger partial charge < -0.3 is 23.8 Å². The second-order valence-electron chi connectivity index (χ2n) is 6.67. The lowest BCUT2D eigenvalue weighted by Gasteiger charge is -2.33. The molecule has 2 rings (SSSR count). The topological polar surface area (TPSA) is 108 Å². The van der Waals surface area contributed by atoms with E-state index in [1.807, 2.05) is 0 Å². The van der Waals surface area contributed by atoms with Crippen LogP contribution in [0.2, 0.25) is 0 Å². The molecule has 1 atom stereocenters. The van der Waals surface area contributed by atoms with Gasteiger partial charge in [0.05, 0.1) is 33.9 Å². The van der Waals surface area contributed by atoms with Crippen molar-refractivity contribution in [2.45, 2.75) is 25.4 Å². The number of benzene rings is 1. The van der Waals surface area contributed by atoms with Gasteiger partial charge in [0.15, 0.2) is 0 Å². The Bertz CT molecular complexity index is 829. The molecule has 0 unspecified atom stereocenters. The predicted octanol–water partition coefficient (Wildman–Crippen LogP) is 1.25. The number of nitrogens with zero attached hydrogens (tertiary/aromatic N) is 1. The number of methoxy groups -OCH3 is 3. The van der Waals surface area contributed by atoms with E-state index >= 15 is 0 Å². The van der Waals surface area contributed by atoms with Gasteiger partial charge in [0.1, 0.15) is 5.75 Å². The number of hydrogen-bond donors (Lipinski definition) is 0. The summed E-state index contributed by atoms with van der Waals surface area (Å²) in [5, 5.41) is 0. The maximum absolute atomic E-state index is 13.3. The largest absolute Gasteiger partial charge is 0.497 e. The van der Waals surface area contributed by atoms with E-state index in [4.69, 9.17) is 18.9 Å². The van der Waals surface area contributed by atoms with E-state index in [0.717, 1.165) is 19.1 Å². The van der Waals surface area contributed by atoms with Gasteiger partial charge in [-0.2, -0.15) is 0 Å². The second-order valence-corrected chi connectivity index (χ2v) is 6.67. The Morgan fingerprint density at radius 3 is 2.10 bits per heavy atom. The van der Waals surface area contributed by atoms with E-state index in [2.05, 4.69) is 6.58 Å². The van der Waals surface area contributed by atoms with Crippen molar-refractivity contribution >= 4 is 23.8 Å². The summed E-state index contributed by atoms with van der Waals surface area (Å²) in [6.45, 7) is 4.97. The van der Waals surface area contributed by atoms with Crippen LogP contribution in [0.15, 0.2) is 36.4 Å². The van der Waals surface area contributed by atoms with Gasteiger partial charge in [0.25, 0.3) is 5.54 Å². The molecule has 0 radical (unpaired) electrons. The van der Waals surface area contributed by atoms with Gasteiger partial charge in [0, 0.05) is 13.5 Å². The monoisotopic (exact) mass is 419 g/mol. The van der Waals surface area contributed by atoms with Gasteiger partial charge in [-0.15, -0.1) is 0 Å². The fraction of sp³-hybridized carbons (Fsp3) is 0.429. The SMILES string of the molecule is C=C1[C@@H](CCOC(C)=O)C(=O)N(Cc2ccc(OC)cc2)C1(C(=O)OC)C(=O)OC. The summed E-state index contributed by atoms with van der Waals surface area (Å²) in [6, 6.07) is 6.81. The minimum atomic E-state index is -2.14. The lowest BCUT2D eigenvalue weighted by molar-refractivity contribution is -0.170. The van der Waals surface area contributed by atoms with Gasteiger partial charge in [-0.25, -0.2) is 9.59 Å². The first-order chi connectivity index (χ1) is 14.2. The molecule has 30 heavy (non-hydrogen) atoms. The normalized spacial score (nSPS) is 17.5. The molecule has 0 spiro atoms. The highest BCUT2D eigenvalue weighted by molar-refractivity contribution is 6.15. The molecule has 1 aromatic rings. The van der Waals surface area contributed by atoms with Crippen LogP contribution in [-0.2, 0) is 39.9 Å². The quantitative estimate of drug-likeness (QED) is 0.268. The zero-order valence-corrected chi connectivity index (χ0v) is 17.4. The van der Waals surface area contributed by atoms with Gasteiger partial charge >= 0.3 is 17.9 Å². The molecule has 1 amide bonds. The third-order valence-corrected chi connectivity index (χ3v) is 5.03. The summed E-state index contributed by atoms with van der Waals surface area (Å²) < 4.78 is 19.8. The standard InChI is InChI=1S/C21H25NO8/c1-13-17(10-11-30-14(2)23)18(24)22(12-15-6-8-16(27-3)9-7-15)21(13,19(25)28-4)20(26)29-5/h6-9,17H,1,10-12H2,2-5H3/t17-/m1/s1. The molecule has 0 aliphatic carbocycles. The average molecular weight is 419 g/mol. The molecule has 162 valence electrons. The Kier molecular flexibility index (Phi) is 7.20. The number of hydrogen-bond acceptors (Lipinski definition) is 8. The maximum atomic E-state index is 13.3. The van der Waals surface area contributed by atoms with Crippen molar-refractivity contribution in [3.8, 4) is 5.75 Å². The molecular formula is C21H25NO8. The molecule has 1 fully saturated rings. The highest BCUT2D eigenvalue weighted by Gasteiger charge is 2.65. The summed E-state index contributed by atoms with van der Waals surface area (Å²) in [7, 11) is 3.75. The van der Waals surface area contributed by atoms with E-state index in [1.165, 1.54) is 14.0 Å². The van der Waals surface area contributed by atoms with Gasteiger partial charge in [-0.3, -0.25) is 9.59 Å². The van der Waals surface area contributed by atoms with Crippen molar-refractivity contribution in [2.75, 3.05) is 27.9 Å². The van der Waals surface area contributed by atoms with E-state index in [1.54, 1.807) is 24.3 Å². The number of carbonyl (C=O) groups is 4. The minimum absolute atomic E-state index is 0.0202. The Morgan fingerprint density at radius 1 is 1.07 bits per heavy atom. The summed E-state index contributed by atoms with van der Waals surface area (Å²) in [6.07, 6.45) is 0.0616. The van der Waals surface area contributed by atoms with Crippen molar-refractivity contribution in [3.63, 3.8) is 0 Å². The molecule has 0 aromatic heterocycles. The van der Waals surface area contributed by atoms with E-state index in [9.17, 15) is 19.2 Å². The maximum Gasteiger partial charge on any atom is 0.348 e. The number of amides is 1. The van der Waals surface area contributed by atoms with Crippen molar-refractivity contribution in [1.29, 1.82) is 0 Å². The molecule has 9 nitrogen and oxygen atoms in total.